The maximum Gasteiger partial charge on any atom is 0.241 e. The average molecular weight is 317 g/mol. The van der Waals surface area contributed by atoms with E-state index in [1.54, 1.807) is 6.92 Å². The highest BCUT2D eigenvalue weighted by molar-refractivity contribution is 7.89. The lowest BCUT2D eigenvalue weighted by molar-refractivity contribution is 0.105. The monoisotopic (exact) mass is 317 g/mol. The molecule has 8 heteroatoms. The van der Waals surface area contributed by atoms with Gasteiger partial charge in [-0.1, -0.05) is 6.92 Å². The normalized spacial score (nSPS) is 15.0. The summed E-state index contributed by atoms with van der Waals surface area (Å²) in [5.74, 6) is 0.852. The van der Waals surface area contributed by atoms with Crippen molar-refractivity contribution in [3.63, 3.8) is 0 Å². The van der Waals surface area contributed by atoms with Crippen LogP contribution in [0.2, 0.25) is 0 Å². The van der Waals surface area contributed by atoms with Crippen LogP contribution in [-0.4, -0.2) is 50.6 Å². The number of rotatable bonds is 6. The Labute approximate surface area is 123 Å². The first-order valence-corrected chi connectivity index (χ1v) is 8.10. The molecule has 0 saturated carbocycles. The summed E-state index contributed by atoms with van der Waals surface area (Å²) < 4.78 is 37.8. The number of sulfonamides is 1. The zero-order chi connectivity index (χ0) is 15.5. The van der Waals surface area contributed by atoms with E-state index in [9.17, 15) is 18.6 Å². The summed E-state index contributed by atoms with van der Waals surface area (Å²) >= 11 is 0. The van der Waals surface area contributed by atoms with Crippen molar-refractivity contribution in [1.82, 2.24) is 4.72 Å². The Hall–Kier alpha value is -1.35. The smallest absolute Gasteiger partial charge is 0.241 e. The quantitative estimate of drug-likeness (QED) is 0.675. The zero-order valence-electron chi connectivity index (χ0n) is 11.7. The van der Waals surface area contributed by atoms with Gasteiger partial charge >= 0.3 is 0 Å². The number of aliphatic hydroxyl groups excluding tert-OH is 2. The standard InChI is InChI=1S/C13H19NO6S/c1-2-13(8-15,9-16)14-21(17,18)10-3-4-11-12(7-10)20-6-5-19-11/h3-4,7,14-16H,2,5-6,8-9H2,1H3. The molecule has 0 amide bonds. The molecule has 0 aliphatic carbocycles. The summed E-state index contributed by atoms with van der Waals surface area (Å²) in [5, 5.41) is 18.7. The number of ether oxygens (including phenoxy) is 2. The Morgan fingerprint density at radius 1 is 1.19 bits per heavy atom. The van der Waals surface area contributed by atoms with Gasteiger partial charge in [0, 0.05) is 6.07 Å². The van der Waals surface area contributed by atoms with Gasteiger partial charge in [0.15, 0.2) is 11.5 Å². The van der Waals surface area contributed by atoms with Gasteiger partial charge in [-0.05, 0) is 18.6 Å². The molecule has 1 aromatic rings. The predicted octanol–water partition coefficient (Wildman–Crippen LogP) is -0.131. The van der Waals surface area contributed by atoms with Crippen molar-refractivity contribution in [2.75, 3.05) is 26.4 Å². The van der Waals surface area contributed by atoms with Crippen LogP contribution in [0.1, 0.15) is 13.3 Å². The van der Waals surface area contributed by atoms with Gasteiger partial charge in [0.2, 0.25) is 10.0 Å². The number of aliphatic hydroxyl groups is 2. The first-order valence-electron chi connectivity index (χ1n) is 6.62. The minimum absolute atomic E-state index is 0.00789. The number of hydrogen-bond acceptors (Lipinski definition) is 6. The topological polar surface area (TPSA) is 105 Å². The fourth-order valence-corrected chi connectivity index (χ4v) is 3.42. The van der Waals surface area contributed by atoms with Gasteiger partial charge in [-0.25, -0.2) is 13.1 Å². The lowest BCUT2D eigenvalue weighted by Crippen LogP contribution is -2.53. The van der Waals surface area contributed by atoms with E-state index in [0.717, 1.165) is 0 Å². The fraction of sp³-hybridized carbons (Fsp3) is 0.538. The molecule has 0 radical (unpaired) electrons. The van der Waals surface area contributed by atoms with Crippen molar-refractivity contribution >= 4 is 10.0 Å². The van der Waals surface area contributed by atoms with E-state index in [0.29, 0.717) is 24.7 Å². The minimum atomic E-state index is -3.89. The highest BCUT2D eigenvalue weighted by atomic mass is 32.2. The Morgan fingerprint density at radius 3 is 2.38 bits per heavy atom. The maximum absolute atomic E-state index is 12.4. The summed E-state index contributed by atoms with van der Waals surface area (Å²) in [4.78, 5) is -0.00789. The molecular formula is C13H19NO6S. The molecule has 0 aromatic heterocycles. The van der Waals surface area contributed by atoms with Crippen LogP contribution in [-0.2, 0) is 10.0 Å². The van der Waals surface area contributed by atoms with E-state index >= 15 is 0 Å². The molecule has 118 valence electrons. The Balaban J connectivity index is 2.31. The fourth-order valence-electron chi connectivity index (χ4n) is 1.95. The van der Waals surface area contributed by atoms with Crippen molar-refractivity contribution in [2.24, 2.45) is 0 Å². The molecule has 0 spiro atoms. The zero-order valence-corrected chi connectivity index (χ0v) is 12.5. The molecule has 3 N–H and O–H groups in total. The highest BCUT2D eigenvalue weighted by Crippen LogP contribution is 2.32. The lowest BCUT2D eigenvalue weighted by Gasteiger charge is -2.29. The number of nitrogens with one attached hydrogen (secondary N) is 1. The molecule has 2 rings (SSSR count). The summed E-state index contributed by atoms with van der Waals surface area (Å²) in [6, 6.07) is 4.28. The van der Waals surface area contributed by atoms with Gasteiger partial charge in [-0.15, -0.1) is 0 Å². The van der Waals surface area contributed by atoms with Gasteiger partial charge in [0.05, 0.1) is 23.6 Å². The van der Waals surface area contributed by atoms with Gasteiger partial charge in [-0.3, -0.25) is 0 Å². The van der Waals surface area contributed by atoms with Gasteiger partial charge < -0.3 is 19.7 Å². The van der Waals surface area contributed by atoms with E-state index in [-0.39, 0.29) is 11.3 Å². The molecule has 1 aromatic carbocycles. The second-order valence-corrected chi connectivity index (χ2v) is 6.54. The van der Waals surface area contributed by atoms with Crippen LogP contribution in [0.25, 0.3) is 0 Å². The van der Waals surface area contributed by atoms with Crippen LogP contribution in [0, 0.1) is 0 Å². The van der Waals surface area contributed by atoms with E-state index in [1.807, 2.05) is 0 Å². The van der Waals surface area contributed by atoms with E-state index in [2.05, 4.69) is 4.72 Å². The van der Waals surface area contributed by atoms with Crippen molar-refractivity contribution in [1.29, 1.82) is 0 Å². The molecule has 0 bridgehead atoms. The van der Waals surface area contributed by atoms with Crippen molar-refractivity contribution in [3.8, 4) is 11.5 Å². The molecule has 0 unspecified atom stereocenters. The van der Waals surface area contributed by atoms with Crippen LogP contribution in [0.15, 0.2) is 23.1 Å². The largest absolute Gasteiger partial charge is 0.486 e. The van der Waals surface area contributed by atoms with Gasteiger partial charge in [-0.2, -0.15) is 0 Å². The molecule has 1 heterocycles. The summed E-state index contributed by atoms with van der Waals surface area (Å²) in [5.41, 5.74) is -1.29. The third kappa shape index (κ3) is 3.29. The van der Waals surface area contributed by atoms with E-state index in [1.165, 1.54) is 18.2 Å². The second-order valence-electron chi connectivity index (χ2n) is 4.86. The molecule has 0 fully saturated rings. The van der Waals surface area contributed by atoms with Crippen molar-refractivity contribution in [3.05, 3.63) is 18.2 Å². The molecular weight excluding hydrogens is 298 g/mol. The number of fused-ring (bicyclic) bond motifs is 1. The maximum atomic E-state index is 12.4. The summed E-state index contributed by atoms with van der Waals surface area (Å²) in [6.07, 6.45) is 0.254. The third-order valence-electron chi connectivity index (χ3n) is 3.46. The lowest BCUT2D eigenvalue weighted by atomic mass is 10.0. The SMILES string of the molecule is CCC(CO)(CO)NS(=O)(=O)c1ccc2c(c1)OCCO2. The van der Waals surface area contributed by atoms with Gasteiger partial charge in [0.25, 0.3) is 0 Å². The van der Waals surface area contributed by atoms with Crippen LogP contribution in [0.5, 0.6) is 11.5 Å². The molecule has 0 saturated heterocycles. The molecule has 21 heavy (non-hydrogen) atoms. The summed E-state index contributed by atoms with van der Waals surface area (Å²) in [6.45, 7) is 1.47. The van der Waals surface area contributed by atoms with Crippen LogP contribution >= 0.6 is 0 Å². The average Bonchev–Trinajstić information content (AvgIpc) is 2.52. The Bertz CT molecular complexity index is 588. The third-order valence-corrected chi connectivity index (χ3v) is 5.03. The van der Waals surface area contributed by atoms with Crippen LogP contribution < -0.4 is 14.2 Å². The molecule has 1 aliphatic rings. The van der Waals surface area contributed by atoms with Crippen LogP contribution in [0.4, 0.5) is 0 Å². The Morgan fingerprint density at radius 2 is 1.81 bits per heavy atom. The predicted molar refractivity (Wildman–Crippen MR) is 74.9 cm³/mol. The van der Waals surface area contributed by atoms with Gasteiger partial charge in [0.1, 0.15) is 13.2 Å². The molecule has 0 atom stereocenters. The first kappa shape index (κ1) is 16.0. The summed E-state index contributed by atoms with van der Waals surface area (Å²) in [7, 11) is -3.89. The van der Waals surface area contributed by atoms with Crippen molar-refractivity contribution in [2.45, 2.75) is 23.8 Å². The molecule has 1 aliphatic heterocycles. The second kappa shape index (κ2) is 6.18. The van der Waals surface area contributed by atoms with E-state index < -0.39 is 28.8 Å². The highest BCUT2D eigenvalue weighted by Gasteiger charge is 2.33. The van der Waals surface area contributed by atoms with Crippen LogP contribution in [0.3, 0.4) is 0 Å². The van der Waals surface area contributed by atoms with E-state index in [4.69, 9.17) is 9.47 Å². The first-order chi connectivity index (χ1) is 9.96. The Kier molecular flexibility index (Phi) is 4.72. The number of benzene rings is 1. The van der Waals surface area contributed by atoms with Crippen molar-refractivity contribution < 1.29 is 28.1 Å². The number of hydrogen-bond donors (Lipinski definition) is 3. The molecule has 7 nitrogen and oxygen atoms in total. The minimum Gasteiger partial charge on any atom is -0.486 e.